The van der Waals surface area contributed by atoms with Gasteiger partial charge in [0.2, 0.25) is 5.88 Å². The predicted octanol–water partition coefficient (Wildman–Crippen LogP) is 4.56. The van der Waals surface area contributed by atoms with E-state index in [-0.39, 0.29) is 29.2 Å². The Morgan fingerprint density at radius 2 is 1.97 bits per heavy atom. The van der Waals surface area contributed by atoms with Gasteiger partial charge in [-0.15, -0.1) is 5.10 Å². The van der Waals surface area contributed by atoms with Crippen LogP contribution in [0.1, 0.15) is 53.5 Å². The third-order valence-corrected chi connectivity index (χ3v) is 5.45. The van der Waals surface area contributed by atoms with Gasteiger partial charge in [-0.3, -0.25) is 0 Å². The van der Waals surface area contributed by atoms with Crippen LogP contribution in [-0.4, -0.2) is 55.8 Å². The number of rotatable bonds is 10. The number of nitriles is 1. The number of aromatic nitrogens is 5. The van der Waals surface area contributed by atoms with Gasteiger partial charge in [-0.25, -0.2) is 23.8 Å². The number of alkyl carbamates (subject to hydrolysis) is 1. The fourth-order valence-electron chi connectivity index (χ4n) is 3.74. The molecule has 0 saturated heterocycles. The molecule has 3 rings (SSSR count). The number of ether oxygens (including phenoxy) is 2. The average Bonchev–Trinajstić information content (AvgIpc) is 3.38. The number of nitrogens with zero attached hydrogens (tertiary/aromatic N) is 6. The van der Waals surface area contributed by atoms with Crippen LogP contribution in [0.5, 0.6) is 5.88 Å². The average molecular weight is 540 g/mol. The predicted molar refractivity (Wildman–Crippen MR) is 144 cm³/mol. The number of anilines is 3. The first-order valence-electron chi connectivity index (χ1n) is 12.4. The lowest BCUT2D eigenvalue weighted by atomic mass is 9.98. The molecule has 0 radical (unpaired) electrons. The SMILES string of the molecule is COc1ncc(Nc2nc(N[C@H](CC(C)C)[C@H](C)NC(=O)OC(C)(C)C)c(F)cc2C#N)cc1-n1ccnn1. The van der Waals surface area contributed by atoms with Gasteiger partial charge >= 0.3 is 6.09 Å². The van der Waals surface area contributed by atoms with Crippen molar-refractivity contribution in [3.8, 4) is 17.6 Å². The Hall–Kier alpha value is -4.47. The summed E-state index contributed by atoms with van der Waals surface area (Å²) >= 11 is 0. The summed E-state index contributed by atoms with van der Waals surface area (Å²) in [7, 11) is 1.48. The second-order valence-corrected chi connectivity index (χ2v) is 10.4. The lowest BCUT2D eigenvalue weighted by Gasteiger charge is -2.29. The van der Waals surface area contributed by atoms with Crippen LogP contribution in [0.2, 0.25) is 0 Å². The van der Waals surface area contributed by atoms with Crippen LogP contribution < -0.4 is 20.7 Å². The molecule has 1 amide bonds. The minimum atomic E-state index is -0.702. The second-order valence-electron chi connectivity index (χ2n) is 10.4. The van der Waals surface area contributed by atoms with E-state index < -0.39 is 23.6 Å². The summed E-state index contributed by atoms with van der Waals surface area (Å²) in [6.07, 6.45) is 4.66. The van der Waals surface area contributed by atoms with Gasteiger partial charge in [0, 0.05) is 12.1 Å². The van der Waals surface area contributed by atoms with Crippen LogP contribution >= 0.6 is 0 Å². The molecule has 0 saturated carbocycles. The Kier molecular flexibility index (Phi) is 9.24. The number of halogens is 1. The molecule has 12 nitrogen and oxygen atoms in total. The van der Waals surface area contributed by atoms with Crippen LogP contribution in [0, 0.1) is 23.1 Å². The number of carbonyl (C=O) groups is 1. The van der Waals surface area contributed by atoms with E-state index >= 15 is 4.39 Å². The van der Waals surface area contributed by atoms with E-state index in [1.54, 1.807) is 40.0 Å². The van der Waals surface area contributed by atoms with Crippen molar-refractivity contribution in [1.29, 1.82) is 5.26 Å². The van der Waals surface area contributed by atoms with Crippen LogP contribution in [0.15, 0.2) is 30.7 Å². The molecule has 0 fully saturated rings. The summed E-state index contributed by atoms with van der Waals surface area (Å²) in [6.45, 7) is 11.2. The molecule has 3 aromatic heterocycles. The molecule has 39 heavy (non-hydrogen) atoms. The number of pyridine rings is 2. The summed E-state index contributed by atoms with van der Waals surface area (Å²) in [5.74, 6) is -0.118. The molecule has 0 aliphatic carbocycles. The van der Waals surface area contributed by atoms with Gasteiger partial charge < -0.3 is 25.4 Å². The number of nitrogens with one attached hydrogen (secondary N) is 3. The lowest BCUT2D eigenvalue weighted by Crippen LogP contribution is -2.47. The van der Waals surface area contributed by atoms with Gasteiger partial charge in [0.25, 0.3) is 0 Å². The van der Waals surface area contributed by atoms with Gasteiger partial charge in [-0.05, 0) is 52.2 Å². The zero-order valence-corrected chi connectivity index (χ0v) is 23.1. The van der Waals surface area contributed by atoms with Gasteiger partial charge in [-0.2, -0.15) is 5.26 Å². The summed E-state index contributed by atoms with van der Waals surface area (Å²) in [6, 6.07) is 3.95. The van der Waals surface area contributed by atoms with Crippen molar-refractivity contribution in [2.45, 2.75) is 65.6 Å². The van der Waals surface area contributed by atoms with Crippen molar-refractivity contribution in [2.24, 2.45) is 5.92 Å². The molecule has 13 heteroatoms. The van der Waals surface area contributed by atoms with E-state index in [1.807, 2.05) is 19.9 Å². The van der Waals surface area contributed by atoms with E-state index in [2.05, 4.69) is 36.2 Å². The third kappa shape index (κ3) is 8.00. The van der Waals surface area contributed by atoms with Crippen molar-refractivity contribution >= 4 is 23.4 Å². The molecular weight excluding hydrogens is 505 g/mol. The Balaban J connectivity index is 1.90. The van der Waals surface area contributed by atoms with Crippen LogP contribution in [0.3, 0.4) is 0 Å². The number of carbonyl (C=O) groups excluding carboxylic acids is 1. The quantitative estimate of drug-likeness (QED) is 0.334. The zero-order valence-electron chi connectivity index (χ0n) is 23.1. The summed E-state index contributed by atoms with van der Waals surface area (Å²) in [5, 5.41) is 26.4. The number of amides is 1. The van der Waals surface area contributed by atoms with E-state index in [0.717, 1.165) is 6.07 Å². The van der Waals surface area contributed by atoms with Gasteiger partial charge in [0.05, 0.1) is 37.0 Å². The number of hydrogen-bond donors (Lipinski definition) is 3. The number of methoxy groups -OCH3 is 1. The summed E-state index contributed by atoms with van der Waals surface area (Å²) in [4.78, 5) is 21.0. The highest BCUT2D eigenvalue weighted by atomic mass is 19.1. The van der Waals surface area contributed by atoms with Gasteiger partial charge in [-0.1, -0.05) is 19.1 Å². The Morgan fingerprint density at radius 1 is 1.23 bits per heavy atom. The Morgan fingerprint density at radius 3 is 2.56 bits per heavy atom. The highest BCUT2D eigenvalue weighted by molar-refractivity contribution is 5.69. The van der Waals surface area contributed by atoms with E-state index in [4.69, 9.17) is 9.47 Å². The highest BCUT2D eigenvalue weighted by Crippen LogP contribution is 2.28. The fourth-order valence-corrected chi connectivity index (χ4v) is 3.74. The minimum absolute atomic E-state index is 0.00323. The molecule has 0 aromatic carbocycles. The molecule has 3 aromatic rings. The highest BCUT2D eigenvalue weighted by Gasteiger charge is 2.25. The van der Waals surface area contributed by atoms with Crippen molar-refractivity contribution in [3.63, 3.8) is 0 Å². The molecule has 0 spiro atoms. The van der Waals surface area contributed by atoms with Crippen molar-refractivity contribution in [3.05, 3.63) is 42.1 Å². The molecule has 0 aliphatic heterocycles. The first-order valence-corrected chi connectivity index (χ1v) is 12.4. The lowest BCUT2D eigenvalue weighted by molar-refractivity contribution is 0.0501. The van der Waals surface area contributed by atoms with E-state index in [0.29, 0.717) is 23.7 Å². The monoisotopic (exact) mass is 539 g/mol. The molecule has 2 atom stereocenters. The second kappa shape index (κ2) is 12.4. The molecule has 0 unspecified atom stereocenters. The molecule has 3 heterocycles. The molecular formula is C26H34FN9O3. The maximum atomic E-state index is 15.1. The van der Waals surface area contributed by atoms with Crippen LogP contribution in [0.4, 0.5) is 26.5 Å². The fraction of sp³-hybridized carbons (Fsp3) is 0.462. The third-order valence-electron chi connectivity index (χ3n) is 5.45. The largest absolute Gasteiger partial charge is 0.479 e. The van der Waals surface area contributed by atoms with Crippen LogP contribution in [-0.2, 0) is 4.74 Å². The molecule has 0 aliphatic rings. The maximum absolute atomic E-state index is 15.1. The zero-order chi connectivity index (χ0) is 28.7. The van der Waals surface area contributed by atoms with E-state index in [9.17, 15) is 10.1 Å². The maximum Gasteiger partial charge on any atom is 0.407 e. The standard InChI is InChI=1S/C26H34FN9O3/c1-15(2)10-20(16(3)31-25(37)39-26(4,5)6)33-23-19(27)11-17(13-28)22(34-23)32-18-12-21(24(38-7)29-14-18)36-9-8-30-35-36/h8-9,11-12,14-16,20H,10H2,1-7H3,(H,31,37)(H2,32,33,34)/t16-,20+/m0/s1. The van der Waals surface area contributed by atoms with Crippen LogP contribution in [0.25, 0.3) is 5.69 Å². The van der Waals surface area contributed by atoms with Crippen molar-refractivity contribution in [1.82, 2.24) is 30.3 Å². The number of hydrogen-bond acceptors (Lipinski definition) is 10. The van der Waals surface area contributed by atoms with Crippen molar-refractivity contribution in [2.75, 3.05) is 17.7 Å². The van der Waals surface area contributed by atoms with Crippen molar-refractivity contribution < 1.29 is 18.7 Å². The topological polar surface area (TPSA) is 152 Å². The molecule has 0 bridgehead atoms. The van der Waals surface area contributed by atoms with Gasteiger partial charge in [0.15, 0.2) is 17.5 Å². The Labute approximate surface area is 226 Å². The van der Waals surface area contributed by atoms with Gasteiger partial charge in [0.1, 0.15) is 17.4 Å². The minimum Gasteiger partial charge on any atom is -0.479 e. The smallest absolute Gasteiger partial charge is 0.407 e. The Bertz CT molecular complexity index is 1320. The molecule has 3 N–H and O–H groups in total. The first kappa shape index (κ1) is 29.1. The summed E-state index contributed by atoms with van der Waals surface area (Å²) < 4.78 is 27.2. The summed E-state index contributed by atoms with van der Waals surface area (Å²) in [5.41, 5.74) is 0.298. The normalized spacial score (nSPS) is 12.8. The van der Waals surface area contributed by atoms with E-state index in [1.165, 1.54) is 24.2 Å². The first-order chi connectivity index (χ1) is 18.4. The molecule has 208 valence electrons.